The van der Waals surface area contributed by atoms with Gasteiger partial charge < -0.3 is 14.3 Å². The van der Waals surface area contributed by atoms with E-state index >= 15 is 0 Å². The summed E-state index contributed by atoms with van der Waals surface area (Å²) in [4.78, 5) is 19.3. The molecule has 0 spiro atoms. The largest absolute Gasteiger partial charge is 0.468 e. The predicted octanol–water partition coefficient (Wildman–Crippen LogP) is 4.29. The fourth-order valence-corrected chi connectivity index (χ4v) is 4.64. The number of piperidine rings is 1. The molecule has 1 N–H and O–H groups in total. The molecule has 2 aromatic heterocycles. The minimum absolute atomic E-state index is 0.0906. The molecule has 1 aliphatic rings. The van der Waals surface area contributed by atoms with Crippen molar-refractivity contribution in [1.29, 1.82) is 0 Å². The van der Waals surface area contributed by atoms with Crippen molar-refractivity contribution >= 4 is 17.7 Å². The topological polar surface area (TPSA) is 84.4 Å². The Morgan fingerprint density at radius 1 is 1.22 bits per heavy atom. The van der Waals surface area contributed by atoms with Crippen molar-refractivity contribution in [3.8, 4) is 11.4 Å². The molecule has 170 valence electrons. The Kier molecular flexibility index (Phi) is 8.01. The van der Waals surface area contributed by atoms with Crippen molar-refractivity contribution in [3.05, 3.63) is 59.9 Å². The molecule has 0 atom stereocenters. The molecule has 7 nitrogen and oxygen atoms in total. The van der Waals surface area contributed by atoms with Crippen LogP contribution >= 0.6 is 11.8 Å². The Morgan fingerprint density at radius 3 is 2.78 bits per heavy atom. The SMILES string of the molecule is Cc1ccc(-c2noc(CN3CCC(C(=O)NCCCSCc4ccco4)CC3)n2)cc1. The van der Waals surface area contributed by atoms with E-state index in [4.69, 9.17) is 8.94 Å². The molecule has 0 bridgehead atoms. The monoisotopic (exact) mass is 454 g/mol. The maximum atomic E-state index is 12.5. The molecule has 1 aliphatic heterocycles. The fourth-order valence-electron chi connectivity index (χ4n) is 3.78. The van der Waals surface area contributed by atoms with Gasteiger partial charge >= 0.3 is 0 Å². The first-order chi connectivity index (χ1) is 15.7. The lowest BCUT2D eigenvalue weighted by Gasteiger charge is -2.30. The van der Waals surface area contributed by atoms with Crippen LogP contribution in [0.4, 0.5) is 0 Å². The third kappa shape index (κ3) is 6.46. The molecule has 1 saturated heterocycles. The summed E-state index contributed by atoms with van der Waals surface area (Å²) in [6.07, 6.45) is 4.39. The van der Waals surface area contributed by atoms with Crippen LogP contribution in [0.5, 0.6) is 0 Å². The van der Waals surface area contributed by atoms with Crippen LogP contribution in [0.2, 0.25) is 0 Å². The Balaban J connectivity index is 1.12. The van der Waals surface area contributed by atoms with E-state index in [0.717, 1.165) is 61.7 Å². The summed E-state index contributed by atoms with van der Waals surface area (Å²) in [6, 6.07) is 12.0. The quantitative estimate of drug-likeness (QED) is 0.458. The van der Waals surface area contributed by atoms with E-state index < -0.39 is 0 Å². The van der Waals surface area contributed by atoms with Crippen LogP contribution in [-0.4, -0.2) is 46.3 Å². The Morgan fingerprint density at radius 2 is 2.03 bits per heavy atom. The van der Waals surface area contributed by atoms with Crippen molar-refractivity contribution in [2.75, 3.05) is 25.4 Å². The fraction of sp³-hybridized carbons (Fsp3) is 0.458. The number of furan rings is 1. The first-order valence-electron chi connectivity index (χ1n) is 11.2. The van der Waals surface area contributed by atoms with Gasteiger partial charge in [0.2, 0.25) is 17.6 Å². The molecule has 0 saturated carbocycles. The molecular weight excluding hydrogens is 424 g/mol. The number of benzene rings is 1. The number of likely N-dealkylation sites (tertiary alicyclic amines) is 1. The number of carbonyl (C=O) groups excluding carboxylic acids is 1. The number of aryl methyl sites for hydroxylation is 1. The summed E-state index contributed by atoms with van der Waals surface area (Å²) < 4.78 is 10.8. The van der Waals surface area contributed by atoms with Gasteiger partial charge in [-0.2, -0.15) is 16.7 Å². The van der Waals surface area contributed by atoms with Crippen molar-refractivity contribution < 1.29 is 13.7 Å². The van der Waals surface area contributed by atoms with Gasteiger partial charge in [-0.15, -0.1) is 0 Å². The van der Waals surface area contributed by atoms with Gasteiger partial charge in [-0.25, -0.2) is 0 Å². The standard InChI is InChI=1S/C24H30N4O3S/c1-18-5-7-19(8-6-18)23-26-22(31-27-23)16-28-12-9-20(10-13-28)24(29)25-11-3-15-32-17-21-4-2-14-30-21/h2,4-8,14,20H,3,9-13,15-17H2,1H3,(H,25,29). The normalized spacial score (nSPS) is 15.2. The van der Waals surface area contributed by atoms with Gasteiger partial charge in [0.1, 0.15) is 5.76 Å². The Hall–Kier alpha value is -2.58. The van der Waals surface area contributed by atoms with Crippen LogP contribution < -0.4 is 5.32 Å². The lowest BCUT2D eigenvalue weighted by atomic mass is 9.96. The second-order valence-corrected chi connectivity index (χ2v) is 9.31. The van der Waals surface area contributed by atoms with E-state index in [9.17, 15) is 4.79 Å². The molecular formula is C24H30N4O3S. The summed E-state index contributed by atoms with van der Waals surface area (Å²) in [5, 5.41) is 7.21. The third-order valence-electron chi connectivity index (χ3n) is 5.68. The van der Waals surface area contributed by atoms with Crippen molar-refractivity contribution in [3.63, 3.8) is 0 Å². The van der Waals surface area contributed by atoms with Gasteiger partial charge in [-0.1, -0.05) is 35.0 Å². The van der Waals surface area contributed by atoms with Crippen LogP contribution in [-0.2, 0) is 17.1 Å². The van der Waals surface area contributed by atoms with Crippen LogP contribution in [0.15, 0.2) is 51.6 Å². The minimum Gasteiger partial charge on any atom is -0.468 e. The molecule has 1 aromatic carbocycles. The molecule has 3 heterocycles. The lowest BCUT2D eigenvalue weighted by Crippen LogP contribution is -2.40. The first kappa shape index (κ1) is 22.6. The third-order valence-corrected chi connectivity index (χ3v) is 6.75. The second-order valence-electron chi connectivity index (χ2n) is 8.20. The average Bonchev–Trinajstić information content (AvgIpc) is 3.49. The van der Waals surface area contributed by atoms with Crippen LogP contribution in [0.3, 0.4) is 0 Å². The van der Waals surface area contributed by atoms with Crippen molar-refractivity contribution in [2.45, 2.75) is 38.5 Å². The summed E-state index contributed by atoms with van der Waals surface area (Å²) in [5.74, 6) is 4.40. The molecule has 1 fully saturated rings. The number of hydrogen-bond donors (Lipinski definition) is 1. The molecule has 4 rings (SSSR count). The van der Waals surface area contributed by atoms with E-state index in [1.165, 1.54) is 5.56 Å². The highest BCUT2D eigenvalue weighted by Crippen LogP contribution is 2.21. The van der Waals surface area contributed by atoms with Gasteiger partial charge in [-0.3, -0.25) is 9.69 Å². The van der Waals surface area contributed by atoms with E-state index in [1.54, 1.807) is 6.26 Å². The summed E-state index contributed by atoms with van der Waals surface area (Å²) in [6.45, 7) is 5.13. The molecule has 8 heteroatoms. The highest BCUT2D eigenvalue weighted by atomic mass is 32.2. The zero-order valence-electron chi connectivity index (χ0n) is 18.5. The van der Waals surface area contributed by atoms with Gasteiger partial charge in [0, 0.05) is 18.0 Å². The molecule has 0 unspecified atom stereocenters. The van der Waals surface area contributed by atoms with E-state index in [1.807, 2.05) is 48.2 Å². The number of hydrogen-bond acceptors (Lipinski definition) is 7. The maximum Gasteiger partial charge on any atom is 0.241 e. The molecule has 1 amide bonds. The highest BCUT2D eigenvalue weighted by Gasteiger charge is 2.25. The van der Waals surface area contributed by atoms with Crippen LogP contribution in [0.25, 0.3) is 11.4 Å². The predicted molar refractivity (Wildman–Crippen MR) is 125 cm³/mol. The van der Waals surface area contributed by atoms with Gasteiger partial charge in [0.05, 0.1) is 18.6 Å². The lowest BCUT2D eigenvalue weighted by molar-refractivity contribution is -0.126. The number of carbonyl (C=O) groups is 1. The van der Waals surface area contributed by atoms with Gasteiger partial charge in [0.15, 0.2) is 0 Å². The number of thioether (sulfide) groups is 1. The Labute approximate surface area is 192 Å². The number of nitrogens with zero attached hydrogens (tertiary/aromatic N) is 3. The molecule has 0 aliphatic carbocycles. The zero-order chi connectivity index (χ0) is 22.2. The average molecular weight is 455 g/mol. The summed E-state index contributed by atoms with van der Waals surface area (Å²) in [7, 11) is 0. The first-order valence-corrected chi connectivity index (χ1v) is 12.3. The molecule has 0 radical (unpaired) electrons. The minimum atomic E-state index is 0.0906. The molecule has 3 aromatic rings. The van der Waals surface area contributed by atoms with E-state index in [2.05, 4.69) is 27.3 Å². The smallest absolute Gasteiger partial charge is 0.241 e. The number of amides is 1. The Bertz CT molecular complexity index is 964. The number of rotatable bonds is 10. The summed E-state index contributed by atoms with van der Waals surface area (Å²) >= 11 is 1.83. The van der Waals surface area contributed by atoms with E-state index in [0.29, 0.717) is 18.3 Å². The van der Waals surface area contributed by atoms with Crippen molar-refractivity contribution in [2.24, 2.45) is 5.92 Å². The van der Waals surface area contributed by atoms with Gasteiger partial charge in [0.25, 0.3) is 0 Å². The van der Waals surface area contributed by atoms with Crippen molar-refractivity contribution in [1.82, 2.24) is 20.4 Å². The van der Waals surface area contributed by atoms with Gasteiger partial charge in [-0.05, 0) is 57.2 Å². The molecule has 32 heavy (non-hydrogen) atoms. The highest BCUT2D eigenvalue weighted by molar-refractivity contribution is 7.98. The van der Waals surface area contributed by atoms with Crippen LogP contribution in [0, 0.1) is 12.8 Å². The zero-order valence-corrected chi connectivity index (χ0v) is 19.3. The number of nitrogens with one attached hydrogen (secondary N) is 1. The van der Waals surface area contributed by atoms with Crippen LogP contribution in [0.1, 0.15) is 36.5 Å². The number of aromatic nitrogens is 2. The summed E-state index contributed by atoms with van der Waals surface area (Å²) in [5.41, 5.74) is 2.16. The maximum absolute atomic E-state index is 12.5. The second kappa shape index (κ2) is 11.3. The van der Waals surface area contributed by atoms with E-state index in [-0.39, 0.29) is 11.8 Å².